The fraction of sp³-hybridized carbons (Fsp3) is 0.793. The lowest BCUT2D eigenvalue weighted by Gasteiger charge is -2.33. The fourth-order valence-electron chi connectivity index (χ4n) is 10.6. The first-order valence-corrected chi connectivity index (χ1v) is 29.5. The normalized spacial score (nSPS) is 17.8. The number of unbranched alkanes of at least 4 members (excludes halogenated alkanes) is 22. The van der Waals surface area contributed by atoms with Gasteiger partial charge in [0.15, 0.2) is 0 Å². The molecule has 2 aromatic heterocycles. The average Bonchev–Trinajstić information content (AvgIpc) is 4.04. The van der Waals surface area contributed by atoms with E-state index < -0.39 is 0 Å². The van der Waals surface area contributed by atoms with Crippen molar-refractivity contribution in [2.45, 2.75) is 294 Å². The van der Waals surface area contributed by atoms with Gasteiger partial charge in [0.2, 0.25) is 23.6 Å². The smallest absolute Gasteiger partial charge is 0.220 e. The Labute approximate surface area is 435 Å². The van der Waals surface area contributed by atoms with Crippen molar-refractivity contribution in [3.63, 3.8) is 0 Å². The molecule has 2 fully saturated rings. The molecule has 14 nitrogen and oxygen atoms in total. The van der Waals surface area contributed by atoms with Crippen LogP contribution in [0.4, 0.5) is 0 Å². The summed E-state index contributed by atoms with van der Waals surface area (Å²) in [6.07, 6.45) is 49.3. The maximum absolute atomic E-state index is 12.8. The van der Waals surface area contributed by atoms with Crippen molar-refractivity contribution in [3.8, 4) is 0 Å². The molecule has 2 saturated carbocycles. The van der Waals surface area contributed by atoms with Crippen molar-refractivity contribution in [2.24, 2.45) is 0 Å². The second kappa shape index (κ2) is 39.1. The first-order valence-electron chi connectivity index (χ1n) is 29.5. The SMILES string of the molecule is C=CCCCCCCCCC(=O)N[C@@H]1CCCC[C@H]1NC(=O)CCCCCCCCc1cn(CCn2cc(CCCCCCCCC(=O)N[C@@H]3CCCC[C@H]3NC(=O)CCCCCCCCC=C)nn2)nn1. The quantitative estimate of drug-likeness (QED) is 0.0375. The van der Waals surface area contributed by atoms with Gasteiger partial charge in [-0.3, -0.25) is 28.5 Å². The topological polar surface area (TPSA) is 178 Å². The Kier molecular flexibility index (Phi) is 32.7. The molecule has 2 aliphatic rings. The van der Waals surface area contributed by atoms with Crippen molar-refractivity contribution >= 4 is 23.6 Å². The maximum atomic E-state index is 12.8. The van der Waals surface area contributed by atoms with E-state index in [-0.39, 0.29) is 47.8 Å². The summed E-state index contributed by atoms with van der Waals surface area (Å²) in [5.74, 6) is 0.506. The van der Waals surface area contributed by atoms with Crippen LogP contribution in [-0.4, -0.2) is 77.8 Å². The third-order valence-electron chi connectivity index (χ3n) is 14.9. The van der Waals surface area contributed by atoms with E-state index in [0.717, 1.165) is 191 Å². The summed E-state index contributed by atoms with van der Waals surface area (Å²) < 4.78 is 3.80. The molecule has 4 atom stereocenters. The first kappa shape index (κ1) is 60.2. The molecule has 14 heteroatoms. The number of nitrogens with zero attached hydrogens (tertiary/aromatic N) is 6. The number of amides is 4. The second-order valence-electron chi connectivity index (χ2n) is 21.4. The van der Waals surface area contributed by atoms with Crippen LogP contribution >= 0.6 is 0 Å². The van der Waals surface area contributed by atoms with Crippen LogP contribution < -0.4 is 21.3 Å². The van der Waals surface area contributed by atoms with Gasteiger partial charge in [0.05, 0.1) is 24.5 Å². The van der Waals surface area contributed by atoms with E-state index in [1.807, 2.05) is 33.9 Å². The Bertz CT molecular complexity index is 1650. The van der Waals surface area contributed by atoms with Gasteiger partial charge in [0.1, 0.15) is 0 Å². The van der Waals surface area contributed by atoms with Gasteiger partial charge in [-0.15, -0.1) is 23.4 Å². The van der Waals surface area contributed by atoms with Gasteiger partial charge in [-0.1, -0.05) is 151 Å². The number of nitrogens with one attached hydrogen (secondary N) is 4. The van der Waals surface area contributed by atoms with Crippen LogP contribution in [0.15, 0.2) is 37.7 Å². The summed E-state index contributed by atoms with van der Waals surface area (Å²) >= 11 is 0. The number of aromatic nitrogens is 6. The third kappa shape index (κ3) is 28.2. The number of carbonyl (C=O) groups is 4. The van der Waals surface area contributed by atoms with Crippen LogP contribution in [0.25, 0.3) is 0 Å². The molecule has 4 N–H and O–H groups in total. The van der Waals surface area contributed by atoms with E-state index >= 15 is 0 Å². The molecule has 0 unspecified atom stereocenters. The maximum Gasteiger partial charge on any atom is 0.220 e. The third-order valence-corrected chi connectivity index (χ3v) is 14.9. The van der Waals surface area contributed by atoms with Gasteiger partial charge in [0.25, 0.3) is 0 Å². The molecular weight excluding hydrogens is 901 g/mol. The fourth-order valence-corrected chi connectivity index (χ4v) is 10.6. The van der Waals surface area contributed by atoms with Gasteiger partial charge in [-0.25, -0.2) is 0 Å². The predicted octanol–water partition coefficient (Wildman–Crippen LogP) is 11.8. The minimum Gasteiger partial charge on any atom is -0.351 e. The van der Waals surface area contributed by atoms with E-state index in [9.17, 15) is 19.2 Å². The molecule has 0 aliphatic heterocycles. The zero-order valence-corrected chi connectivity index (χ0v) is 45.0. The zero-order chi connectivity index (χ0) is 51.1. The van der Waals surface area contributed by atoms with Gasteiger partial charge in [-0.05, 0) is 103 Å². The zero-order valence-electron chi connectivity index (χ0n) is 45.0. The lowest BCUT2D eigenvalue weighted by molar-refractivity contribution is -0.125. The molecule has 2 heterocycles. The van der Waals surface area contributed by atoms with Gasteiger partial charge >= 0.3 is 0 Å². The van der Waals surface area contributed by atoms with Crippen molar-refractivity contribution in [1.29, 1.82) is 0 Å². The monoisotopic (exact) mass is 1000 g/mol. The van der Waals surface area contributed by atoms with Crippen LogP contribution in [0, 0.1) is 0 Å². The van der Waals surface area contributed by atoms with Crippen molar-refractivity contribution in [1.82, 2.24) is 51.3 Å². The summed E-state index contributed by atoms with van der Waals surface area (Å²) in [6, 6.07) is 0.212. The molecule has 0 bridgehead atoms. The van der Waals surface area contributed by atoms with Crippen LogP contribution in [0.2, 0.25) is 0 Å². The molecule has 4 amide bonds. The van der Waals surface area contributed by atoms with E-state index in [1.165, 1.54) is 51.4 Å². The lowest BCUT2D eigenvalue weighted by Crippen LogP contribution is -2.53. The number of hydrogen-bond acceptors (Lipinski definition) is 8. The van der Waals surface area contributed by atoms with Crippen LogP contribution in [0.1, 0.15) is 255 Å². The summed E-state index contributed by atoms with van der Waals surface area (Å²) in [7, 11) is 0. The number of carbonyl (C=O) groups excluding carboxylic acids is 4. The van der Waals surface area contributed by atoms with E-state index in [1.54, 1.807) is 0 Å². The lowest BCUT2D eigenvalue weighted by atomic mass is 9.90. The molecule has 4 rings (SSSR count). The largest absolute Gasteiger partial charge is 0.351 e. The molecule has 0 spiro atoms. The molecular formula is C58H100N10O4. The van der Waals surface area contributed by atoms with E-state index in [0.29, 0.717) is 38.8 Å². The van der Waals surface area contributed by atoms with Crippen LogP contribution in [0.3, 0.4) is 0 Å². The first-order chi connectivity index (χ1) is 35.3. The minimum atomic E-state index is 0.0506. The summed E-state index contributed by atoms with van der Waals surface area (Å²) in [5, 5.41) is 30.5. The van der Waals surface area contributed by atoms with E-state index in [2.05, 4.69) is 55.0 Å². The number of hydrogen-bond donors (Lipinski definition) is 4. The molecule has 406 valence electrons. The Hall–Kier alpha value is -4.36. The Morgan fingerprint density at radius 3 is 0.972 bits per heavy atom. The molecule has 2 aromatic rings. The average molecular weight is 1000 g/mol. The molecule has 0 saturated heterocycles. The Morgan fingerprint density at radius 2 is 0.681 bits per heavy atom. The summed E-state index contributed by atoms with van der Waals surface area (Å²) in [4.78, 5) is 51.0. The van der Waals surface area contributed by atoms with Gasteiger partial charge < -0.3 is 21.3 Å². The van der Waals surface area contributed by atoms with Crippen molar-refractivity contribution in [2.75, 3.05) is 0 Å². The number of allylic oxidation sites excluding steroid dienone is 2. The molecule has 72 heavy (non-hydrogen) atoms. The van der Waals surface area contributed by atoms with Crippen molar-refractivity contribution < 1.29 is 19.2 Å². The highest BCUT2D eigenvalue weighted by Gasteiger charge is 2.29. The second-order valence-corrected chi connectivity index (χ2v) is 21.4. The number of rotatable bonds is 43. The van der Waals surface area contributed by atoms with Gasteiger partial charge in [0, 0.05) is 62.2 Å². The molecule has 0 aromatic carbocycles. The van der Waals surface area contributed by atoms with Crippen molar-refractivity contribution in [3.05, 3.63) is 49.1 Å². The minimum absolute atomic E-state index is 0.0506. The van der Waals surface area contributed by atoms with Crippen LogP contribution in [0.5, 0.6) is 0 Å². The Morgan fingerprint density at radius 1 is 0.417 bits per heavy atom. The standard InChI is InChI=1S/C58H100N10O4/c1-3-5-7-9-11-13-21-27-41-55(69)59-51-37-31-33-39-53(51)61-57(71)43-29-23-17-15-19-25-35-49-47-67(65-63-49)45-46-68-48-50(64-66-68)36-26-20-16-18-24-30-44-58(72)62-54-40-34-32-38-52(54)60-56(70)42-28-22-14-12-10-8-6-4-2/h3-4,47-48,51-54H,1-2,5-46H2,(H,59,69)(H,60,70)(H,61,71)(H,62,72)/t51-,52-,53-,54-/m1/s1. The predicted molar refractivity (Wildman–Crippen MR) is 291 cm³/mol. The highest BCUT2D eigenvalue weighted by molar-refractivity contribution is 5.78. The molecule has 2 aliphatic carbocycles. The number of aryl methyl sites for hydroxylation is 4. The highest BCUT2D eigenvalue weighted by atomic mass is 16.2. The highest BCUT2D eigenvalue weighted by Crippen LogP contribution is 2.22. The summed E-state index contributed by atoms with van der Waals surface area (Å²) in [6.45, 7) is 8.96. The van der Waals surface area contributed by atoms with Gasteiger partial charge in [-0.2, -0.15) is 0 Å². The summed E-state index contributed by atoms with van der Waals surface area (Å²) in [5.41, 5.74) is 2.04. The van der Waals surface area contributed by atoms with Crippen LogP contribution in [-0.2, 0) is 45.1 Å². The molecule has 0 radical (unpaired) electrons. The van der Waals surface area contributed by atoms with E-state index in [4.69, 9.17) is 0 Å². The Balaban J connectivity index is 0.939.